The van der Waals surface area contributed by atoms with Crippen LogP contribution in [0.4, 0.5) is 0 Å². The molecule has 0 heterocycles. The fraction of sp³-hybridized carbons (Fsp3) is 0.571. The average molecular weight is 143 g/mol. The van der Waals surface area contributed by atoms with Crippen LogP contribution in [0.1, 0.15) is 6.92 Å². The van der Waals surface area contributed by atoms with Crippen LogP contribution < -0.4 is 5.32 Å². The summed E-state index contributed by atoms with van der Waals surface area (Å²) in [6, 6.07) is -0.516. The van der Waals surface area contributed by atoms with Crippen LogP contribution in [0.3, 0.4) is 0 Å². The Labute approximate surface area is 60.7 Å². The number of carbonyl (C=O) groups is 1. The van der Waals surface area contributed by atoms with Crippen LogP contribution in [0.15, 0.2) is 12.7 Å². The van der Waals surface area contributed by atoms with Crippen LogP contribution in [0.5, 0.6) is 0 Å². The number of carboxylic acids is 1. The number of aliphatic carboxylic acids is 1. The first-order valence-corrected chi connectivity index (χ1v) is 3.16. The molecule has 0 spiro atoms. The van der Waals surface area contributed by atoms with Crippen LogP contribution in [-0.2, 0) is 4.79 Å². The normalized spacial score (nSPS) is 15.8. The highest BCUT2D eigenvalue weighted by Gasteiger charge is 2.19. The molecule has 0 radical (unpaired) electrons. The molecule has 58 valence electrons. The largest absolute Gasteiger partial charge is 0.480 e. The summed E-state index contributed by atoms with van der Waals surface area (Å²) in [6.45, 7) is 5.32. The summed E-state index contributed by atoms with van der Waals surface area (Å²) in [4.78, 5) is 10.4. The van der Waals surface area contributed by atoms with E-state index in [-0.39, 0.29) is 5.92 Å². The van der Waals surface area contributed by atoms with Gasteiger partial charge in [0.05, 0.1) is 0 Å². The fourth-order valence-electron chi connectivity index (χ4n) is 0.747. The molecule has 0 amide bonds. The Kier molecular flexibility index (Phi) is 3.72. The van der Waals surface area contributed by atoms with Gasteiger partial charge in [0.15, 0.2) is 0 Å². The van der Waals surface area contributed by atoms with Crippen molar-refractivity contribution in [2.45, 2.75) is 13.0 Å². The molecular weight excluding hydrogens is 130 g/mol. The first-order valence-electron chi connectivity index (χ1n) is 3.16. The van der Waals surface area contributed by atoms with Crippen LogP contribution >= 0.6 is 0 Å². The number of hydrogen-bond acceptors (Lipinski definition) is 2. The van der Waals surface area contributed by atoms with Gasteiger partial charge in [-0.1, -0.05) is 13.0 Å². The monoisotopic (exact) mass is 143 g/mol. The number of hydrogen-bond donors (Lipinski definition) is 2. The third-order valence-electron chi connectivity index (χ3n) is 1.47. The van der Waals surface area contributed by atoms with Gasteiger partial charge in [-0.15, -0.1) is 6.58 Å². The minimum Gasteiger partial charge on any atom is -0.480 e. The number of rotatable bonds is 4. The standard InChI is InChI=1S/C7H13NO2/c1-4-5(2)6(8-3)7(9)10/h4-6,8H,1H2,2-3H3,(H,9,10)/t5-,6+/m1/s1. The Morgan fingerprint density at radius 2 is 2.30 bits per heavy atom. The lowest BCUT2D eigenvalue weighted by molar-refractivity contribution is -0.140. The average Bonchev–Trinajstić information content (AvgIpc) is 1.88. The van der Waals surface area contributed by atoms with Crippen molar-refractivity contribution in [1.82, 2.24) is 5.32 Å². The fourth-order valence-corrected chi connectivity index (χ4v) is 0.747. The third kappa shape index (κ3) is 2.19. The number of carboxylic acid groups (broad SMARTS) is 1. The second-order valence-electron chi connectivity index (χ2n) is 2.20. The topological polar surface area (TPSA) is 49.3 Å². The van der Waals surface area contributed by atoms with E-state index in [9.17, 15) is 4.79 Å². The molecule has 0 rings (SSSR count). The summed E-state index contributed by atoms with van der Waals surface area (Å²) in [5.74, 6) is -0.877. The van der Waals surface area contributed by atoms with Crippen molar-refractivity contribution >= 4 is 5.97 Å². The molecular formula is C7H13NO2. The van der Waals surface area contributed by atoms with Crippen LogP contribution in [-0.4, -0.2) is 24.2 Å². The lowest BCUT2D eigenvalue weighted by Crippen LogP contribution is -2.38. The molecule has 2 atom stereocenters. The third-order valence-corrected chi connectivity index (χ3v) is 1.47. The van der Waals surface area contributed by atoms with E-state index >= 15 is 0 Å². The smallest absolute Gasteiger partial charge is 0.321 e. The lowest BCUT2D eigenvalue weighted by Gasteiger charge is -2.14. The van der Waals surface area contributed by atoms with Gasteiger partial charge in [0.2, 0.25) is 0 Å². The zero-order valence-electron chi connectivity index (χ0n) is 6.29. The molecule has 0 aliphatic heterocycles. The first-order chi connectivity index (χ1) is 4.63. The van der Waals surface area contributed by atoms with Crippen molar-refractivity contribution < 1.29 is 9.90 Å². The maximum absolute atomic E-state index is 10.4. The van der Waals surface area contributed by atoms with Gasteiger partial charge in [0.1, 0.15) is 6.04 Å². The Hall–Kier alpha value is -0.830. The lowest BCUT2D eigenvalue weighted by atomic mass is 10.0. The second kappa shape index (κ2) is 4.06. The molecule has 0 saturated carbocycles. The molecule has 0 saturated heterocycles. The molecule has 3 nitrogen and oxygen atoms in total. The van der Waals surface area contributed by atoms with Crippen LogP contribution in [0.2, 0.25) is 0 Å². The second-order valence-corrected chi connectivity index (χ2v) is 2.20. The van der Waals surface area contributed by atoms with E-state index in [1.807, 2.05) is 6.92 Å². The SMILES string of the molecule is C=C[C@@H](C)[C@H](NC)C(=O)O. The first kappa shape index (κ1) is 9.17. The van der Waals surface area contributed by atoms with E-state index in [1.165, 1.54) is 0 Å². The molecule has 0 bridgehead atoms. The Morgan fingerprint density at radius 3 is 2.40 bits per heavy atom. The molecule has 10 heavy (non-hydrogen) atoms. The molecule has 2 N–H and O–H groups in total. The minimum atomic E-state index is -0.838. The summed E-state index contributed by atoms with van der Waals surface area (Å²) in [7, 11) is 1.62. The number of nitrogens with one attached hydrogen (secondary N) is 1. The Bertz CT molecular complexity index is 134. The van der Waals surface area contributed by atoms with E-state index in [0.717, 1.165) is 0 Å². The van der Waals surface area contributed by atoms with Gasteiger partial charge < -0.3 is 10.4 Å². The highest BCUT2D eigenvalue weighted by Crippen LogP contribution is 2.02. The summed E-state index contributed by atoms with van der Waals surface area (Å²) in [6.07, 6.45) is 1.62. The molecule has 0 aromatic rings. The van der Waals surface area contributed by atoms with Gasteiger partial charge in [-0.05, 0) is 13.0 Å². The minimum absolute atomic E-state index is 0.0394. The van der Waals surface area contributed by atoms with Crippen molar-refractivity contribution in [3.05, 3.63) is 12.7 Å². The van der Waals surface area contributed by atoms with Gasteiger partial charge in [-0.2, -0.15) is 0 Å². The van der Waals surface area contributed by atoms with Crippen molar-refractivity contribution in [1.29, 1.82) is 0 Å². The summed E-state index contributed by atoms with van der Waals surface area (Å²) >= 11 is 0. The van der Waals surface area contributed by atoms with Gasteiger partial charge in [-0.3, -0.25) is 4.79 Å². The van der Waals surface area contributed by atoms with Crippen LogP contribution in [0, 0.1) is 5.92 Å². The van der Waals surface area contributed by atoms with E-state index < -0.39 is 12.0 Å². The molecule has 0 aromatic heterocycles. The summed E-state index contributed by atoms with van der Waals surface area (Å²) in [5.41, 5.74) is 0. The van der Waals surface area contributed by atoms with Crippen molar-refractivity contribution in [3.8, 4) is 0 Å². The predicted molar refractivity (Wildman–Crippen MR) is 39.8 cm³/mol. The molecule has 0 unspecified atom stereocenters. The maximum Gasteiger partial charge on any atom is 0.321 e. The Morgan fingerprint density at radius 1 is 1.80 bits per heavy atom. The van der Waals surface area contributed by atoms with Gasteiger partial charge >= 0.3 is 5.97 Å². The van der Waals surface area contributed by atoms with Crippen molar-refractivity contribution in [3.63, 3.8) is 0 Å². The number of likely N-dealkylation sites (N-methyl/N-ethyl adjacent to an activating group) is 1. The quantitative estimate of drug-likeness (QED) is 0.563. The zero-order valence-corrected chi connectivity index (χ0v) is 6.29. The van der Waals surface area contributed by atoms with Gasteiger partial charge in [0, 0.05) is 0 Å². The van der Waals surface area contributed by atoms with Crippen LogP contribution in [0.25, 0.3) is 0 Å². The van der Waals surface area contributed by atoms with E-state index in [4.69, 9.17) is 5.11 Å². The van der Waals surface area contributed by atoms with E-state index in [2.05, 4.69) is 11.9 Å². The van der Waals surface area contributed by atoms with Gasteiger partial charge in [0.25, 0.3) is 0 Å². The highest BCUT2D eigenvalue weighted by molar-refractivity contribution is 5.74. The predicted octanol–water partition coefficient (Wildman–Crippen LogP) is 0.481. The summed E-state index contributed by atoms with van der Waals surface area (Å²) in [5, 5.41) is 11.2. The maximum atomic E-state index is 10.4. The molecule has 3 heteroatoms. The molecule has 0 aromatic carbocycles. The van der Waals surface area contributed by atoms with E-state index in [1.54, 1.807) is 13.1 Å². The molecule has 0 aliphatic rings. The summed E-state index contributed by atoms with van der Waals surface area (Å²) < 4.78 is 0. The van der Waals surface area contributed by atoms with Gasteiger partial charge in [-0.25, -0.2) is 0 Å². The van der Waals surface area contributed by atoms with Crippen molar-refractivity contribution in [2.24, 2.45) is 5.92 Å². The Balaban J connectivity index is 4.05. The molecule has 0 fully saturated rings. The van der Waals surface area contributed by atoms with E-state index in [0.29, 0.717) is 0 Å². The van der Waals surface area contributed by atoms with Crippen molar-refractivity contribution in [2.75, 3.05) is 7.05 Å². The highest BCUT2D eigenvalue weighted by atomic mass is 16.4. The molecule has 0 aliphatic carbocycles. The zero-order chi connectivity index (χ0) is 8.15.